The SMILES string of the molecule is COc1ccc2c(c1)C(CCN)c1ccccc1-2.Cl. The molecule has 19 heavy (non-hydrogen) atoms. The fourth-order valence-corrected chi connectivity index (χ4v) is 2.89. The Labute approximate surface area is 120 Å². The predicted octanol–water partition coefficient (Wildman–Crippen LogP) is 3.58. The first kappa shape index (κ1) is 13.9. The van der Waals surface area contributed by atoms with E-state index in [4.69, 9.17) is 10.5 Å². The molecule has 2 aromatic carbocycles. The molecule has 3 rings (SSSR count). The summed E-state index contributed by atoms with van der Waals surface area (Å²) in [5.74, 6) is 1.33. The third kappa shape index (κ3) is 2.22. The van der Waals surface area contributed by atoms with Crippen LogP contribution in [0.25, 0.3) is 11.1 Å². The first-order valence-electron chi connectivity index (χ1n) is 6.32. The van der Waals surface area contributed by atoms with Gasteiger partial charge in [-0.2, -0.15) is 0 Å². The molecule has 0 aromatic heterocycles. The van der Waals surface area contributed by atoms with Crippen LogP contribution >= 0.6 is 12.4 Å². The van der Waals surface area contributed by atoms with Crippen LogP contribution in [0.4, 0.5) is 0 Å². The van der Waals surface area contributed by atoms with Gasteiger partial charge in [-0.25, -0.2) is 0 Å². The molecular formula is C16H18ClNO. The van der Waals surface area contributed by atoms with E-state index in [1.165, 1.54) is 22.3 Å². The van der Waals surface area contributed by atoms with Gasteiger partial charge in [-0.15, -0.1) is 12.4 Å². The molecule has 2 aromatic rings. The monoisotopic (exact) mass is 275 g/mol. The van der Waals surface area contributed by atoms with E-state index in [0.29, 0.717) is 12.5 Å². The molecule has 1 aliphatic rings. The second-order valence-corrected chi connectivity index (χ2v) is 4.67. The molecule has 0 aliphatic heterocycles. The van der Waals surface area contributed by atoms with Gasteiger partial charge in [0.15, 0.2) is 0 Å². The fraction of sp³-hybridized carbons (Fsp3) is 0.250. The smallest absolute Gasteiger partial charge is 0.119 e. The molecule has 2 N–H and O–H groups in total. The predicted molar refractivity (Wildman–Crippen MR) is 81.2 cm³/mol. The lowest BCUT2D eigenvalue weighted by Crippen LogP contribution is -2.06. The quantitative estimate of drug-likeness (QED) is 0.929. The summed E-state index contributed by atoms with van der Waals surface area (Å²) < 4.78 is 5.33. The molecule has 2 nitrogen and oxygen atoms in total. The van der Waals surface area contributed by atoms with Crippen LogP contribution in [0.15, 0.2) is 42.5 Å². The van der Waals surface area contributed by atoms with E-state index in [0.717, 1.165) is 12.2 Å². The Hall–Kier alpha value is -1.51. The summed E-state index contributed by atoms with van der Waals surface area (Å²) in [6.45, 7) is 0.704. The van der Waals surface area contributed by atoms with Crippen molar-refractivity contribution in [3.8, 4) is 16.9 Å². The van der Waals surface area contributed by atoms with Crippen molar-refractivity contribution in [2.45, 2.75) is 12.3 Å². The highest BCUT2D eigenvalue weighted by Gasteiger charge is 2.27. The lowest BCUT2D eigenvalue weighted by Gasteiger charge is -2.12. The number of ether oxygens (including phenoxy) is 1. The van der Waals surface area contributed by atoms with Crippen LogP contribution in [0.5, 0.6) is 5.75 Å². The van der Waals surface area contributed by atoms with E-state index in [9.17, 15) is 0 Å². The Bertz CT molecular complexity index is 583. The second kappa shape index (κ2) is 5.64. The number of fused-ring (bicyclic) bond motifs is 3. The summed E-state index contributed by atoms with van der Waals surface area (Å²) in [4.78, 5) is 0. The average molecular weight is 276 g/mol. The van der Waals surface area contributed by atoms with Crippen LogP contribution in [-0.2, 0) is 0 Å². The van der Waals surface area contributed by atoms with Gasteiger partial charge in [0.25, 0.3) is 0 Å². The van der Waals surface area contributed by atoms with Crippen LogP contribution in [0, 0.1) is 0 Å². The summed E-state index contributed by atoms with van der Waals surface area (Å²) in [7, 11) is 1.71. The molecule has 3 heteroatoms. The summed E-state index contributed by atoms with van der Waals surface area (Å²) in [5.41, 5.74) is 11.2. The molecule has 0 amide bonds. The van der Waals surface area contributed by atoms with Crippen LogP contribution in [0.3, 0.4) is 0 Å². The number of benzene rings is 2. The van der Waals surface area contributed by atoms with E-state index in [-0.39, 0.29) is 12.4 Å². The number of methoxy groups -OCH3 is 1. The Morgan fingerprint density at radius 2 is 1.79 bits per heavy atom. The maximum atomic E-state index is 5.76. The lowest BCUT2D eigenvalue weighted by atomic mass is 9.93. The fourth-order valence-electron chi connectivity index (χ4n) is 2.89. The molecule has 1 unspecified atom stereocenters. The maximum Gasteiger partial charge on any atom is 0.119 e. The van der Waals surface area contributed by atoms with E-state index < -0.39 is 0 Å². The number of rotatable bonds is 3. The van der Waals surface area contributed by atoms with Gasteiger partial charge in [-0.3, -0.25) is 0 Å². The van der Waals surface area contributed by atoms with Crippen molar-refractivity contribution in [2.75, 3.05) is 13.7 Å². The average Bonchev–Trinajstić information content (AvgIpc) is 2.73. The summed E-state index contributed by atoms with van der Waals surface area (Å²) >= 11 is 0. The Balaban J connectivity index is 0.00000133. The minimum Gasteiger partial charge on any atom is -0.497 e. The molecule has 0 heterocycles. The van der Waals surface area contributed by atoms with Crippen LogP contribution in [0.2, 0.25) is 0 Å². The molecule has 0 saturated heterocycles. The molecule has 0 spiro atoms. The van der Waals surface area contributed by atoms with Gasteiger partial charge < -0.3 is 10.5 Å². The Morgan fingerprint density at radius 3 is 2.53 bits per heavy atom. The van der Waals surface area contributed by atoms with E-state index in [1.807, 2.05) is 6.07 Å². The van der Waals surface area contributed by atoms with Crippen LogP contribution in [0.1, 0.15) is 23.5 Å². The van der Waals surface area contributed by atoms with Gasteiger partial charge in [0, 0.05) is 5.92 Å². The van der Waals surface area contributed by atoms with E-state index in [2.05, 4.69) is 36.4 Å². The third-order valence-corrected chi connectivity index (χ3v) is 3.72. The van der Waals surface area contributed by atoms with Gasteiger partial charge >= 0.3 is 0 Å². The largest absolute Gasteiger partial charge is 0.497 e. The van der Waals surface area contributed by atoms with Gasteiger partial charge in [-0.05, 0) is 47.4 Å². The molecule has 0 radical (unpaired) electrons. The molecule has 0 bridgehead atoms. The minimum atomic E-state index is 0. The van der Waals surface area contributed by atoms with Crippen LogP contribution < -0.4 is 10.5 Å². The Kier molecular flexibility index (Phi) is 4.13. The zero-order valence-electron chi connectivity index (χ0n) is 10.9. The second-order valence-electron chi connectivity index (χ2n) is 4.67. The van der Waals surface area contributed by atoms with Crippen molar-refractivity contribution >= 4 is 12.4 Å². The molecule has 1 aliphatic carbocycles. The van der Waals surface area contributed by atoms with Crippen LogP contribution in [-0.4, -0.2) is 13.7 Å². The van der Waals surface area contributed by atoms with Gasteiger partial charge in [0.2, 0.25) is 0 Å². The Morgan fingerprint density at radius 1 is 1.05 bits per heavy atom. The maximum absolute atomic E-state index is 5.76. The topological polar surface area (TPSA) is 35.2 Å². The van der Waals surface area contributed by atoms with E-state index in [1.54, 1.807) is 7.11 Å². The van der Waals surface area contributed by atoms with Crippen molar-refractivity contribution in [3.63, 3.8) is 0 Å². The van der Waals surface area contributed by atoms with Crippen molar-refractivity contribution < 1.29 is 4.74 Å². The highest BCUT2D eigenvalue weighted by molar-refractivity contribution is 5.85. The van der Waals surface area contributed by atoms with Gasteiger partial charge in [0.05, 0.1) is 7.11 Å². The zero-order chi connectivity index (χ0) is 12.5. The van der Waals surface area contributed by atoms with E-state index >= 15 is 0 Å². The molecule has 100 valence electrons. The number of hydrogen-bond acceptors (Lipinski definition) is 2. The molecule has 0 saturated carbocycles. The lowest BCUT2D eigenvalue weighted by molar-refractivity contribution is 0.414. The summed E-state index contributed by atoms with van der Waals surface area (Å²) in [6, 6.07) is 14.9. The van der Waals surface area contributed by atoms with Crippen molar-refractivity contribution in [1.82, 2.24) is 0 Å². The highest BCUT2D eigenvalue weighted by atomic mass is 35.5. The zero-order valence-corrected chi connectivity index (χ0v) is 11.7. The third-order valence-electron chi connectivity index (χ3n) is 3.72. The standard InChI is InChI=1S/C16H17NO.ClH/c1-18-11-6-7-14-12-4-2-3-5-13(12)15(8-9-17)16(14)10-11;/h2-7,10,15H,8-9,17H2,1H3;1H. The summed E-state index contributed by atoms with van der Waals surface area (Å²) in [5, 5.41) is 0. The first-order valence-corrected chi connectivity index (χ1v) is 6.32. The molecular weight excluding hydrogens is 258 g/mol. The van der Waals surface area contributed by atoms with Gasteiger partial charge in [0.1, 0.15) is 5.75 Å². The summed E-state index contributed by atoms with van der Waals surface area (Å²) in [6.07, 6.45) is 0.983. The number of nitrogens with two attached hydrogens (primary N) is 1. The van der Waals surface area contributed by atoms with Gasteiger partial charge in [-0.1, -0.05) is 30.3 Å². The number of halogens is 1. The first-order chi connectivity index (χ1) is 8.85. The van der Waals surface area contributed by atoms with Crippen molar-refractivity contribution in [1.29, 1.82) is 0 Å². The highest BCUT2D eigenvalue weighted by Crippen LogP contribution is 2.47. The normalized spacial score (nSPS) is 15.4. The molecule has 1 atom stereocenters. The molecule has 0 fully saturated rings. The minimum absolute atomic E-state index is 0. The number of hydrogen-bond donors (Lipinski definition) is 1. The van der Waals surface area contributed by atoms with Crippen molar-refractivity contribution in [3.05, 3.63) is 53.6 Å². The van der Waals surface area contributed by atoms with Crippen molar-refractivity contribution in [2.24, 2.45) is 5.73 Å².